The second-order valence-corrected chi connectivity index (χ2v) is 6.44. The van der Waals surface area contributed by atoms with Crippen LogP contribution < -0.4 is 5.32 Å². The van der Waals surface area contributed by atoms with Crippen molar-refractivity contribution in [1.29, 1.82) is 0 Å². The Bertz CT molecular complexity index is 219. The van der Waals surface area contributed by atoms with Crippen molar-refractivity contribution in [1.82, 2.24) is 10.2 Å². The largest absolute Gasteiger partial charge is 0.316 e. The van der Waals surface area contributed by atoms with Crippen LogP contribution in [-0.4, -0.2) is 37.1 Å². The number of unbranched alkanes of at least 4 members (excludes halogenated alkanes) is 1. The van der Waals surface area contributed by atoms with E-state index in [1.54, 1.807) is 0 Å². The minimum Gasteiger partial charge on any atom is -0.316 e. The Labute approximate surface area is 121 Å². The van der Waals surface area contributed by atoms with E-state index >= 15 is 0 Å². The van der Waals surface area contributed by atoms with Crippen molar-refractivity contribution in [2.75, 3.05) is 26.2 Å². The maximum absolute atomic E-state index is 3.67. The van der Waals surface area contributed by atoms with Crippen molar-refractivity contribution in [3.63, 3.8) is 0 Å². The molecule has 0 amide bonds. The molecule has 0 spiro atoms. The lowest BCUT2D eigenvalue weighted by Gasteiger charge is -2.38. The molecular formula is C17H36N2. The molecule has 0 aliphatic heterocycles. The number of hydrogen-bond donors (Lipinski definition) is 1. The Morgan fingerprint density at radius 2 is 1.74 bits per heavy atom. The standard InChI is InChI=1S/C17H36N2/c1-5-9-13-19(16-10-11-16)15-17(7-3,8-4)14-18-12-6-2/h16,18H,5-15H2,1-4H3. The lowest BCUT2D eigenvalue weighted by Crippen LogP contribution is -2.45. The van der Waals surface area contributed by atoms with Crippen LogP contribution in [0.15, 0.2) is 0 Å². The lowest BCUT2D eigenvalue weighted by molar-refractivity contribution is 0.126. The second-order valence-electron chi connectivity index (χ2n) is 6.44. The minimum absolute atomic E-state index is 0.492. The van der Waals surface area contributed by atoms with Crippen molar-refractivity contribution in [3.05, 3.63) is 0 Å². The van der Waals surface area contributed by atoms with Crippen LogP contribution in [0.2, 0.25) is 0 Å². The third kappa shape index (κ3) is 5.83. The van der Waals surface area contributed by atoms with Crippen LogP contribution >= 0.6 is 0 Å². The summed E-state index contributed by atoms with van der Waals surface area (Å²) >= 11 is 0. The van der Waals surface area contributed by atoms with Crippen molar-refractivity contribution >= 4 is 0 Å². The van der Waals surface area contributed by atoms with Gasteiger partial charge in [-0.25, -0.2) is 0 Å². The van der Waals surface area contributed by atoms with Crippen LogP contribution in [0.3, 0.4) is 0 Å². The smallest absolute Gasteiger partial charge is 0.00966 e. The van der Waals surface area contributed by atoms with Crippen LogP contribution in [0.5, 0.6) is 0 Å². The molecule has 0 saturated heterocycles. The quantitative estimate of drug-likeness (QED) is 0.537. The number of nitrogens with one attached hydrogen (secondary N) is 1. The number of nitrogens with zero attached hydrogens (tertiary/aromatic N) is 1. The van der Waals surface area contributed by atoms with Gasteiger partial charge < -0.3 is 5.32 Å². The van der Waals surface area contributed by atoms with Crippen molar-refractivity contribution in [2.45, 2.75) is 78.7 Å². The molecule has 114 valence electrons. The van der Waals surface area contributed by atoms with Gasteiger partial charge in [0.05, 0.1) is 0 Å². The molecule has 0 unspecified atom stereocenters. The molecule has 2 nitrogen and oxygen atoms in total. The van der Waals surface area contributed by atoms with Gasteiger partial charge in [0.2, 0.25) is 0 Å². The van der Waals surface area contributed by atoms with E-state index in [1.807, 2.05) is 0 Å². The fourth-order valence-corrected chi connectivity index (χ4v) is 2.93. The Morgan fingerprint density at radius 1 is 1.05 bits per heavy atom. The summed E-state index contributed by atoms with van der Waals surface area (Å²) in [6.07, 6.45) is 9.41. The van der Waals surface area contributed by atoms with Crippen molar-refractivity contribution < 1.29 is 0 Å². The molecular weight excluding hydrogens is 232 g/mol. The van der Waals surface area contributed by atoms with E-state index < -0.39 is 0 Å². The van der Waals surface area contributed by atoms with E-state index in [1.165, 1.54) is 71.1 Å². The predicted molar refractivity (Wildman–Crippen MR) is 85.7 cm³/mol. The van der Waals surface area contributed by atoms with Crippen LogP contribution in [0.4, 0.5) is 0 Å². The molecule has 1 aliphatic carbocycles. The van der Waals surface area contributed by atoms with Crippen LogP contribution in [0.1, 0.15) is 72.6 Å². The van der Waals surface area contributed by atoms with Gasteiger partial charge in [0, 0.05) is 19.1 Å². The summed E-state index contributed by atoms with van der Waals surface area (Å²) in [5.41, 5.74) is 0.492. The molecule has 0 aromatic rings. The molecule has 1 saturated carbocycles. The molecule has 0 atom stereocenters. The van der Waals surface area contributed by atoms with Gasteiger partial charge >= 0.3 is 0 Å². The zero-order valence-corrected chi connectivity index (χ0v) is 13.8. The van der Waals surface area contributed by atoms with Crippen molar-refractivity contribution in [3.8, 4) is 0 Å². The first kappa shape index (κ1) is 17.0. The highest BCUT2D eigenvalue weighted by molar-refractivity contribution is 4.90. The van der Waals surface area contributed by atoms with E-state index in [4.69, 9.17) is 0 Å². The van der Waals surface area contributed by atoms with Gasteiger partial charge in [-0.15, -0.1) is 0 Å². The molecule has 0 bridgehead atoms. The molecule has 0 heterocycles. The highest BCUT2D eigenvalue weighted by Gasteiger charge is 2.35. The van der Waals surface area contributed by atoms with Gasteiger partial charge in [-0.1, -0.05) is 34.1 Å². The van der Waals surface area contributed by atoms with E-state index in [0.717, 1.165) is 6.04 Å². The summed E-state index contributed by atoms with van der Waals surface area (Å²) in [7, 11) is 0. The topological polar surface area (TPSA) is 15.3 Å². The third-order valence-electron chi connectivity index (χ3n) is 4.83. The summed E-state index contributed by atoms with van der Waals surface area (Å²) in [5, 5.41) is 3.67. The second kappa shape index (κ2) is 8.97. The number of rotatable bonds is 12. The van der Waals surface area contributed by atoms with E-state index in [2.05, 4.69) is 37.9 Å². The maximum Gasteiger partial charge on any atom is 0.00966 e. The van der Waals surface area contributed by atoms with Gasteiger partial charge in [0.1, 0.15) is 0 Å². The minimum atomic E-state index is 0.492. The average Bonchev–Trinajstić information content (AvgIpc) is 3.26. The maximum atomic E-state index is 3.67. The first-order valence-electron chi connectivity index (χ1n) is 8.66. The highest BCUT2D eigenvalue weighted by Crippen LogP contribution is 2.33. The summed E-state index contributed by atoms with van der Waals surface area (Å²) in [5.74, 6) is 0. The normalized spacial score (nSPS) is 16.3. The van der Waals surface area contributed by atoms with Crippen LogP contribution in [0.25, 0.3) is 0 Å². The third-order valence-corrected chi connectivity index (χ3v) is 4.83. The fourth-order valence-electron chi connectivity index (χ4n) is 2.93. The Hall–Kier alpha value is -0.0800. The SMILES string of the molecule is CCCCN(CC(CC)(CC)CNCCC)C1CC1. The molecule has 1 N–H and O–H groups in total. The Morgan fingerprint density at radius 3 is 2.21 bits per heavy atom. The van der Waals surface area contributed by atoms with Gasteiger partial charge in [0.25, 0.3) is 0 Å². The average molecular weight is 268 g/mol. The molecule has 1 aliphatic rings. The summed E-state index contributed by atoms with van der Waals surface area (Å²) in [6.45, 7) is 14.3. The molecule has 1 rings (SSSR count). The highest BCUT2D eigenvalue weighted by atomic mass is 15.2. The molecule has 0 aromatic heterocycles. The molecule has 19 heavy (non-hydrogen) atoms. The zero-order chi connectivity index (χ0) is 14.1. The predicted octanol–water partition coefficient (Wildman–Crippen LogP) is 4.06. The molecule has 2 heteroatoms. The summed E-state index contributed by atoms with van der Waals surface area (Å²) in [6, 6.07) is 0.912. The first-order valence-corrected chi connectivity index (χ1v) is 8.66. The molecule has 1 fully saturated rings. The van der Waals surface area contributed by atoms with Gasteiger partial charge in [0.15, 0.2) is 0 Å². The fraction of sp³-hybridized carbons (Fsp3) is 1.00. The first-order chi connectivity index (χ1) is 9.21. The van der Waals surface area contributed by atoms with Crippen LogP contribution in [-0.2, 0) is 0 Å². The van der Waals surface area contributed by atoms with Gasteiger partial charge in [-0.2, -0.15) is 0 Å². The number of hydrogen-bond acceptors (Lipinski definition) is 2. The van der Waals surface area contributed by atoms with E-state index in [0.29, 0.717) is 5.41 Å². The summed E-state index contributed by atoms with van der Waals surface area (Å²) in [4.78, 5) is 2.80. The van der Waals surface area contributed by atoms with Gasteiger partial charge in [-0.05, 0) is 57.0 Å². The summed E-state index contributed by atoms with van der Waals surface area (Å²) < 4.78 is 0. The van der Waals surface area contributed by atoms with Crippen LogP contribution in [0, 0.1) is 5.41 Å². The van der Waals surface area contributed by atoms with Gasteiger partial charge in [-0.3, -0.25) is 4.90 Å². The molecule has 0 radical (unpaired) electrons. The van der Waals surface area contributed by atoms with E-state index in [9.17, 15) is 0 Å². The van der Waals surface area contributed by atoms with E-state index in [-0.39, 0.29) is 0 Å². The lowest BCUT2D eigenvalue weighted by atomic mass is 9.81. The Kier molecular flexibility index (Phi) is 8.01. The monoisotopic (exact) mass is 268 g/mol. The molecule has 0 aromatic carbocycles. The van der Waals surface area contributed by atoms with Crippen molar-refractivity contribution in [2.24, 2.45) is 5.41 Å². The zero-order valence-electron chi connectivity index (χ0n) is 13.8. The Balaban J connectivity index is 2.52.